The van der Waals surface area contributed by atoms with Gasteiger partial charge in [0.1, 0.15) is 5.82 Å². The monoisotopic (exact) mass is 294 g/mol. The van der Waals surface area contributed by atoms with Gasteiger partial charge in [-0.25, -0.2) is 9.18 Å². The summed E-state index contributed by atoms with van der Waals surface area (Å²) in [4.78, 5) is 24.8. The molecule has 0 aliphatic carbocycles. The number of benzene rings is 1. The number of carboxylic acids is 1. The second kappa shape index (κ2) is 5.19. The van der Waals surface area contributed by atoms with Crippen LogP contribution in [-0.4, -0.2) is 25.6 Å². The van der Waals surface area contributed by atoms with Crippen LogP contribution < -0.4 is 5.32 Å². The van der Waals surface area contributed by atoms with Crippen molar-refractivity contribution >= 4 is 23.3 Å². The molecule has 0 saturated heterocycles. The van der Waals surface area contributed by atoms with Gasteiger partial charge in [0.2, 0.25) is 11.6 Å². The number of anilines is 2. The standard InChI is InChI=1S/C12H11FN4O4/c1-6-14-11(17(20)21)10(16(6)2)15-7-3-4-8(12(18)19)9(13)5-7/h3-5,15H,1-2H3,(H,18,19). The molecule has 0 atom stereocenters. The molecule has 0 unspecified atom stereocenters. The zero-order chi connectivity index (χ0) is 15.7. The van der Waals surface area contributed by atoms with Gasteiger partial charge in [-0.1, -0.05) is 0 Å². The van der Waals surface area contributed by atoms with E-state index in [1.807, 2.05) is 0 Å². The topological polar surface area (TPSA) is 110 Å². The lowest BCUT2D eigenvalue weighted by Crippen LogP contribution is -2.04. The molecule has 2 N–H and O–H groups in total. The Labute approximate surface area is 118 Å². The van der Waals surface area contributed by atoms with E-state index in [0.29, 0.717) is 5.82 Å². The maximum absolute atomic E-state index is 13.6. The number of nitro groups is 1. The fourth-order valence-electron chi connectivity index (χ4n) is 1.76. The van der Waals surface area contributed by atoms with Gasteiger partial charge in [0.25, 0.3) is 0 Å². The molecule has 2 aromatic rings. The molecule has 0 spiro atoms. The van der Waals surface area contributed by atoms with Gasteiger partial charge in [-0.15, -0.1) is 0 Å². The number of nitrogens with one attached hydrogen (secondary N) is 1. The predicted octanol–water partition coefficient (Wildman–Crippen LogP) is 2.22. The van der Waals surface area contributed by atoms with Crippen LogP contribution in [0.25, 0.3) is 0 Å². The van der Waals surface area contributed by atoms with Crippen LogP contribution in [0.15, 0.2) is 18.2 Å². The number of nitrogens with zero attached hydrogens (tertiary/aromatic N) is 3. The van der Waals surface area contributed by atoms with E-state index in [1.54, 1.807) is 14.0 Å². The number of aromatic carboxylic acids is 1. The third kappa shape index (κ3) is 2.66. The van der Waals surface area contributed by atoms with E-state index in [-0.39, 0.29) is 11.5 Å². The molecule has 0 saturated carbocycles. The third-order valence-corrected chi connectivity index (χ3v) is 2.94. The first kappa shape index (κ1) is 14.4. The van der Waals surface area contributed by atoms with E-state index in [0.717, 1.165) is 12.1 Å². The number of hydrogen-bond donors (Lipinski definition) is 2. The van der Waals surface area contributed by atoms with Crippen molar-refractivity contribution < 1.29 is 19.2 Å². The van der Waals surface area contributed by atoms with Gasteiger partial charge in [-0.3, -0.25) is 4.57 Å². The minimum absolute atomic E-state index is 0.0833. The zero-order valence-electron chi connectivity index (χ0n) is 11.1. The first-order valence-corrected chi connectivity index (χ1v) is 5.79. The highest BCUT2D eigenvalue weighted by atomic mass is 19.1. The van der Waals surface area contributed by atoms with Crippen LogP contribution in [0, 0.1) is 22.9 Å². The van der Waals surface area contributed by atoms with Crippen molar-refractivity contribution in [3.63, 3.8) is 0 Å². The van der Waals surface area contributed by atoms with Crippen molar-refractivity contribution in [1.82, 2.24) is 9.55 Å². The minimum atomic E-state index is -1.39. The number of aromatic nitrogens is 2. The molecule has 1 aromatic carbocycles. The Morgan fingerprint density at radius 3 is 2.71 bits per heavy atom. The fraction of sp³-hybridized carbons (Fsp3) is 0.167. The lowest BCUT2D eigenvalue weighted by molar-refractivity contribution is -0.388. The van der Waals surface area contributed by atoms with Crippen LogP contribution >= 0.6 is 0 Å². The molecular weight excluding hydrogens is 283 g/mol. The minimum Gasteiger partial charge on any atom is -0.478 e. The van der Waals surface area contributed by atoms with E-state index in [1.165, 1.54) is 10.6 Å². The zero-order valence-corrected chi connectivity index (χ0v) is 11.1. The summed E-state index contributed by atoms with van der Waals surface area (Å²) in [7, 11) is 1.57. The molecule has 1 aromatic heterocycles. The van der Waals surface area contributed by atoms with Gasteiger partial charge >= 0.3 is 11.8 Å². The molecule has 0 fully saturated rings. The Morgan fingerprint density at radius 1 is 1.52 bits per heavy atom. The second-order valence-electron chi connectivity index (χ2n) is 4.27. The third-order valence-electron chi connectivity index (χ3n) is 2.94. The van der Waals surface area contributed by atoms with Crippen molar-refractivity contribution in [3.8, 4) is 0 Å². The molecular formula is C12H11FN4O4. The second-order valence-corrected chi connectivity index (χ2v) is 4.27. The van der Waals surface area contributed by atoms with Crippen molar-refractivity contribution in [2.75, 3.05) is 5.32 Å². The van der Waals surface area contributed by atoms with E-state index in [2.05, 4.69) is 10.3 Å². The smallest absolute Gasteiger partial charge is 0.407 e. The molecule has 9 heteroatoms. The van der Waals surface area contributed by atoms with E-state index >= 15 is 0 Å². The first-order valence-electron chi connectivity index (χ1n) is 5.79. The van der Waals surface area contributed by atoms with E-state index in [4.69, 9.17) is 5.11 Å². The van der Waals surface area contributed by atoms with Crippen LogP contribution in [0.3, 0.4) is 0 Å². The summed E-state index contributed by atoms with van der Waals surface area (Å²) in [6.45, 7) is 1.59. The summed E-state index contributed by atoms with van der Waals surface area (Å²) in [6.07, 6.45) is 0. The van der Waals surface area contributed by atoms with Gasteiger partial charge in [0.15, 0.2) is 0 Å². The normalized spacial score (nSPS) is 10.4. The number of rotatable bonds is 4. The quantitative estimate of drug-likeness (QED) is 0.660. The molecule has 21 heavy (non-hydrogen) atoms. The van der Waals surface area contributed by atoms with Gasteiger partial charge in [-0.05, 0) is 28.1 Å². The number of halogens is 1. The predicted molar refractivity (Wildman–Crippen MR) is 71.2 cm³/mol. The molecule has 8 nitrogen and oxygen atoms in total. The molecule has 0 aliphatic heterocycles. The van der Waals surface area contributed by atoms with E-state index in [9.17, 15) is 19.3 Å². The summed E-state index contributed by atoms with van der Waals surface area (Å²) in [5.41, 5.74) is -0.292. The van der Waals surface area contributed by atoms with Crippen LogP contribution in [-0.2, 0) is 7.05 Å². The summed E-state index contributed by atoms with van der Waals surface area (Å²) in [6, 6.07) is 3.35. The summed E-state index contributed by atoms with van der Waals surface area (Å²) in [5.74, 6) is -2.22. The van der Waals surface area contributed by atoms with Gasteiger partial charge < -0.3 is 20.5 Å². The van der Waals surface area contributed by atoms with E-state index < -0.39 is 28.1 Å². The van der Waals surface area contributed by atoms with Gasteiger partial charge in [-0.2, -0.15) is 0 Å². The maximum atomic E-state index is 13.6. The number of carbonyl (C=O) groups is 1. The van der Waals surface area contributed by atoms with Crippen molar-refractivity contribution in [2.45, 2.75) is 6.92 Å². The highest BCUT2D eigenvalue weighted by Gasteiger charge is 2.24. The average Bonchev–Trinajstić information content (AvgIpc) is 2.67. The molecule has 1 heterocycles. The Balaban J connectivity index is 2.41. The summed E-state index contributed by atoms with van der Waals surface area (Å²) in [5, 5.41) is 22.3. The molecule has 0 bridgehead atoms. The first-order chi connectivity index (χ1) is 9.81. The number of carboxylic acid groups (broad SMARTS) is 1. The lowest BCUT2D eigenvalue weighted by Gasteiger charge is -2.07. The molecule has 0 aliphatic rings. The molecule has 0 radical (unpaired) electrons. The van der Waals surface area contributed by atoms with Gasteiger partial charge in [0, 0.05) is 19.7 Å². The Kier molecular flexibility index (Phi) is 3.57. The number of aryl methyl sites for hydroxylation is 1. The van der Waals surface area contributed by atoms with Crippen molar-refractivity contribution in [2.24, 2.45) is 7.05 Å². The van der Waals surface area contributed by atoms with Gasteiger partial charge in [0.05, 0.1) is 5.56 Å². The highest BCUT2D eigenvalue weighted by molar-refractivity contribution is 5.88. The average molecular weight is 294 g/mol. The van der Waals surface area contributed by atoms with Crippen molar-refractivity contribution in [1.29, 1.82) is 0 Å². The van der Waals surface area contributed by atoms with Crippen LogP contribution in [0.1, 0.15) is 16.2 Å². The Hall–Kier alpha value is -2.97. The van der Waals surface area contributed by atoms with Crippen LogP contribution in [0.5, 0.6) is 0 Å². The largest absolute Gasteiger partial charge is 0.478 e. The number of imidazole rings is 1. The highest BCUT2D eigenvalue weighted by Crippen LogP contribution is 2.28. The Morgan fingerprint density at radius 2 is 2.19 bits per heavy atom. The van der Waals surface area contributed by atoms with Crippen LogP contribution in [0.4, 0.5) is 21.7 Å². The lowest BCUT2D eigenvalue weighted by atomic mass is 10.2. The molecule has 110 valence electrons. The summed E-state index contributed by atoms with van der Waals surface area (Å²) >= 11 is 0. The van der Waals surface area contributed by atoms with Crippen LogP contribution in [0.2, 0.25) is 0 Å². The molecule has 0 amide bonds. The Bertz CT molecular complexity index is 741. The fourth-order valence-corrected chi connectivity index (χ4v) is 1.76. The number of hydrogen-bond acceptors (Lipinski definition) is 5. The molecule has 2 rings (SSSR count). The maximum Gasteiger partial charge on any atom is 0.407 e. The summed E-state index contributed by atoms with van der Waals surface area (Å²) < 4.78 is 15.0. The SMILES string of the molecule is Cc1nc([N+](=O)[O-])c(Nc2ccc(C(=O)O)c(F)c2)n1C. The van der Waals surface area contributed by atoms with Crippen molar-refractivity contribution in [3.05, 3.63) is 45.5 Å².